The largest absolute Gasteiger partial charge is 0.481 e. The van der Waals surface area contributed by atoms with E-state index in [4.69, 9.17) is 0 Å². The van der Waals surface area contributed by atoms with Crippen molar-refractivity contribution >= 4 is 27.5 Å². The zero-order valence-electron chi connectivity index (χ0n) is 11.4. The van der Waals surface area contributed by atoms with E-state index in [-0.39, 0.29) is 6.42 Å². The van der Waals surface area contributed by atoms with Crippen molar-refractivity contribution in [1.82, 2.24) is 9.38 Å². The molecule has 0 unspecified atom stereocenters. The molecule has 0 fully saturated rings. The summed E-state index contributed by atoms with van der Waals surface area (Å²) in [6.45, 7) is 1.98. The summed E-state index contributed by atoms with van der Waals surface area (Å²) in [6.07, 6.45) is 1.86. The molecule has 1 N–H and O–H groups in total. The van der Waals surface area contributed by atoms with E-state index >= 15 is 0 Å². The Morgan fingerprint density at radius 3 is 2.62 bits per heavy atom. The molecule has 0 bridgehead atoms. The Hall–Kier alpha value is -2.14. The molecular formula is C16H13BrN2O2. The highest BCUT2D eigenvalue weighted by Gasteiger charge is 2.16. The lowest BCUT2D eigenvalue weighted by atomic mass is 10.1. The number of aryl methyl sites for hydroxylation is 1. The van der Waals surface area contributed by atoms with Crippen LogP contribution in [0.25, 0.3) is 16.9 Å². The lowest BCUT2D eigenvalue weighted by Gasteiger charge is -2.03. The van der Waals surface area contributed by atoms with Gasteiger partial charge in [0.05, 0.1) is 17.8 Å². The van der Waals surface area contributed by atoms with Crippen LogP contribution in [0, 0.1) is 6.92 Å². The van der Waals surface area contributed by atoms with Crippen LogP contribution in [0.1, 0.15) is 11.3 Å². The molecule has 0 spiro atoms. The Bertz CT molecular complexity index is 822. The fraction of sp³-hybridized carbons (Fsp3) is 0.125. The minimum Gasteiger partial charge on any atom is -0.481 e. The summed E-state index contributed by atoms with van der Waals surface area (Å²) in [5.74, 6) is -0.864. The van der Waals surface area contributed by atoms with E-state index in [9.17, 15) is 9.90 Å². The number of hydrogen-bond acceptors (Lipinski definition) is 2. The van der Waals surface area contributed by atoms with E-state index in [2.05, 4.69) is 20.9 Å². The number of aliphatic carboxylic acids is 1. The summed E-state index contributed by atoms with van der Waals surface area (Å²) < 4.78 is 2.84. The summed E-state index contributed by atoms with van der Waals surface area (Å²) in [4.78, 5) is 15.8. The molecule has 3 aromatic rings. The fourth-order valence-corrected chi connectivity index (χ4v) is 2.61. The topological polar surface area (TPSA) is 54.6 Å². The van der Waals surface area contributed by atoms with Gasteiger partial charge in [0.25, 0.3) is 0 Å². The van der Waals surface area contributed by atoms with Crippen LogP contribution in [0.2, 0.25) is 0 Å². The number of nitrogens with zero attached hydrogens (tertiary/aromatic N) is 2. The third kappa shape index (κ3) is 2.69. The summed E-state index contributed by atoms with van der Waals surface area (Å²) >= 11 is 3.40. The first-order chi connectivity index (χ1) is 10.0. The van der Waals surface area contributed by atoms with Crippen LogP contribution in [0.4, 0.5) is 0 Å². The molecule has 0 aliphatic rings. The quantitative estimate of drug-likeness (QED) is 0.788. The Kier molecular flexibility index (Phi) is 3.51. The van der Waals surface area contributed by atoms with Gasteiger partial charge in [0.1, 0.15) is 5.65 Å². The first kappa shape index (κ1) is 13.8. The van der Waals surface area contributed by atoms with Crippen molar-refractivity contribution in [3.63, 3.8) is 0 Å². The van der Waals surface area contributed by atoms with Crippen molar-refractivity contribution in [3.8, 4) is 11.3 Å². The summed E-state index contributed by atoms with van der Waals surface area (Å²) in [6, 6.07) is 11.6. The molecule has 21 heavy (non-hydrogen) atoms. The highest BCUT2D eigenvalue weighted by atomic mass is 79.9. The van der Waals surface area contributed by atoms with Crippen molar-refractivity contribution in [2.45, 2.75) is 13.3 Å². The molecule has 2 heterocycles. The summed E-state index contributed by atoms with van der Waals surface area (Å²) in [5.41, 5.74) is 4.15. The summed E-state index contributed by atoms with van der Waals surface area (Å²) in [5, 5.41) is 9.18. The van der Waals surface area contributed by atoms with Gasteiger partial charge < -0.3 is 9.51 Å². The van der Waals surface area contributed by atoms with E-state index in [1.54, 1.807) is 0 Å². The second-order valence-electron chi connectivity index (χ2n) is 4.92. The van der Waals surface area contributed by atoms with Crippen molar-refractivity contribution in [3.05, 3.63) is 58.3 Å². The van der Waals surface area contributed by atoms with Gasteiger partial charge >= 0.3 is 5.97 Å². The molecule has 0 amide bonds. The molecule has 4 nitrogen and oxygen atoms in total. The van der Waals surface area contributed by atoms with E-state index in [0.29, 0.717) is 5.69 Å². The predicted molar refractivity (Wildman–Crippen MR) is 84.4 cm³/mol. The van der Waals surface area contributed by atoms with E-state index in [0.717, 1.165) is 26.9 Å². The first-order valence-electron chi connectivity index (χ1n) is 6.50. The van der Waals surface area contributed by atoms with Gasteiger partial charge in [0.2, 0.25) is 0 Å². The Morgan fingerprint density at radius 1 is 1.24 bits per heavy atom. The fourth-order valence-electron chi connectivity index (χ4n) is 2.35. The van der Waals surface area contributed by atoms with Crippen molar-refractivity contribution in [2.24, 2.45) is 0 Å². The van der Waals surface area contributed by atoms with Crippen LogP contribution in [-0.4, -0.2) is 20.5 Å². The molecule has 0 atom stereocenters. The van der Waals surface area contributed by atoms with E-state index in [1.165, 1.54) is 0 Å². The average Bonchev–Trinajstić information content (AvgIpc) is 2.77. The number of pyridine rings is 1. The highest BCUT2D eigenvalue weighted by molar-refractivity contribution is 9.10. The van der Waals surface area contributed by atoms with Crippen LogP contribution in [0.5, 0.6) is 0 Å². The molecule has 0 radical (unpaired) electrons. The number of rotatable bonds is 3. The van der Waals surface area contributed by atoms with Crippen LogP contribution < -0.4 is 0 Å². The lowest BCUT2D eigenvalue weighted by molar-refractivity contribution is -0.136. The van der Waals surface area contributed by atoms with E-state index < -0.39 is 5.97 Å². The number of carbonyl (C=O) groups is 1. The zero-order chi connectivity index (χ0) is 15.0. The van der Waals surface area contributed by atoms with Gasteiger partial charge in [0.15, 0.2) is 0 Å². The number of carboxylic acids is 1. The maximum absolute atomic E-state index is 11.2. The van der Waals surface area contributed by atoms with Gasteiger partial charge in [-0.2, -0.15) is 0 Å². The summed E-state index contributed by atoms with van der Waals surface area (Å²) in [7, 11) is 0. The minimum absolute atomic E-state index is 0.0595. The molecule has 0 saturated carbocycles. The molecule has 0 aliphatic heterocycles. The maximum atomic E-state index is 11.2. The van der Waals surface area contributed by atoms with Gasteiger partial charge in [-0.25, -0.2) is 4.98 Å². The van der Waals surface area contributed by atoms with Crippen LogP contribution in [-0.2, 0) is 11.2 Å². The first-order valence-corrected chi connectivity index (χ1v) is 7.29. The second kappa shape index (κ2) is 5.33. The number of carboxylic acid groups (broad SMARTS) is 1. The zero-order valence-corrected chi connectivity index (χ0v) is 13.0. The monoisotopic (exact) mass is 344 g/mol. The maximum Gasteiger partial charge on any atom is 0.309 e. The van der Waals surface area contributed by atoms with Gasteiger partial charge in [-0.05, 0) is 30.7 Å². The van der Waals surface area contributed by atoms with Crippen molar-refractivity contribution in [2.75, 3.05) is 0 Å². The molecule has 2 aromatic heterocycles. The molecule has 106 valence electrons. The predicted octanol–water partition coefficient (Wildman–Crippen LogP) is 3.70. The van der Waals surface area contributed by atoms with Crippen LogP contribution in [0.15, 0.2) is 47.1 Å². The van der Waals surface area contributed by atoms with Crippen molar-refractivity contribution in [1.29, 1.82) is 0 Å². The molecule has 0 saturated heterocycles. The van der Waals surface area contributed by atoms with Gasteiger partial charge in [-0.1, -0.05) is 34.1 Å². The molecule has 0 aliphatic carbocycles. The standard InChI is InChI=1S/C16H13BrN2O2/c1-10-2-7-14-18-16(11-3-5-12(17)6-4-11)13(8-15(20)21)19(14)9-10/h2-7,9H,8H2,1H3,(H,20,21). The number of hydrogen-bond donors (Lipinski definition) is 1. The van der Waals surface area contributed by atoms with E-state index in [1.807, 2.05) is 53.9 Å². The van der Waals surface area contributed by atoms with Gasteiger partial charge in [-0.3, -0.25) is 4.79 Å². The lowest BCUT2D eigenvalue weighted by Crippen LogP contribution is -2.04. The number of imidazole rings is 1. The minimum atomic E-state index is -0.864. The van der Waals surface area contributed by atoms with Crippen LogP contribution in [0.3, 0.4) is 0 Å². The highest BCUT2D eigenvalue weighted by Crippen LogP contribution is 2.26. The van der Waals surface area contributed by atoms with Gasteiger partial charge in [0, 0.05) is 16.2 Å². The number of benzene rings is 1. The number of aromatic nitrogens is 2. The smallest absolute Gasteiger partial charge is 0.309 e. The SMILES string of the molecule is Cc1ccc2nc(-c3ccc(Br)cc3)c(CC(=O)O)n2c1. The number of fused-ring (bicyclic) bond motifs is 1. The Labute approximate surface area is 130 Å². The van der Waals surface area contributed by atoms with Gasteiger partial charge in [-0.15, -0.1) is 0 Å². The molecule has 3 rings (SSSR count). The second-order valence-corrected chi connectivity index (χ2v) is 5.83. The normalized spacial score (nSPS) is 11.0. The molecule has 5 heteroatoms. The van der Waals surface area contributed by atoms with Crippen LogP contribution >= 0.6 is 15.9 Å². The molecular weight excluding hydrogens is 332 g/mol. The molecule has 1 aromatic carbocycles. The third-order valence-electron chi connectivity index (χ3n) is 3.30. The van der Waals surface area contributed by atoms with Crippen molar-refractivity contribution < 1.29 is 9.90 Å². The Morgan fingerprint density at radius 2 is 1.95 bits per heavy atom. The number of halogens is 1. The third-order valence-corrected chi connectivity index (χ3v) is 3.83. The Balaban J connectivity index is 2.25. The average molecular weight is 345 g/mol.